The molecule has 1 rings (SSSR count). The maximum absolute atomic E-state index is 11.7. The van der Waals surface area contributed by atoms with Crippen molar-refractivity contribution in [2.75, 3.05) is 0 Å². The Morgan fingerprint density at radius 1 is 1.28 bits per heavy atom. The minimum atomic E-state index is -1.02. The summed E-state index contributed by atoms with van der Waals surface area (Å²) in [6.07, 6.45) is 0.265. The normalized spacial score (nSPS) is 12.4. The third kappa shape index (κ3) is 4.50. The molecule has 0 saturated carbocycles. The average Bonchev–Trinajstić information content (AvgIpc) is 2.28. The molecule has 0 aromatic heterocycles. The van der Waals surface area contributed by atoms with Crippen LogP contribution in [0.3, 0.4) is 0 Å². The topological polar surface area (TPSA) is 80.4 Å². The molecule has 5 heteroatoms. The number of carbonyl (C=O) groups is 2. The highest BCUT2D eigenvalue weighted by atomic mass is 32.2. The summed E-state index contributed by atoms with van der Waals surface area (Å²) in [5, 5.41) is 8.98. The largest absolute Gasteiger partial charge is 0.480 e. The van der Waals surface area contributed by atoms with Crippen LogP contribution in [0.1, 0.15) is 29.8 Å². The van der Waals surface area contributed by atoms with Crippen molar-refractivity contribution in [3.05, 3.63) is 35.4 Å². The molecule has 0 aliphatic heterocycles. The van der Waals surface area contributed by atoms with Crippen LogP contribution >= 0.6 is 11.8 Å². The zero-order valence-corrected chi connectivity index (χ0v) is 11.2. The number of carbonyl (C=O) groups excluding carboxylic acids is 1. The van der Waals surface area contributed by atoms with Gasteiger partial charge in [0.2, 0.25) is 5.12 Å². The first kappa shape index (κ1) is 14.7. The Morgan fingerprint density at radius 2 is 1.83 bits per heavy atom. The van der Waals surface area contributed by atoms with Gasteiger partial charge in [0, 0.05) is 10.8 Å². The van der Waals surface area contributed by atoms with Crippen molar-refractivity contribution >= 4 is 22.8 Å². The van der Waals surface area contributed by atoms with E-state index in [0.717, 1.165) is 5.56 Å². The molecule has 1 unspecified atom stereocenters. The van der Waals surface area contributed by atoms with E-state index in [-0.39, 0.29) is 16.8 Å². The Kier molecular flexibility index (Phi) is 5.37. The first-order chi connectivity index (χ1) is 8.40. The van der Waals surface area contributed by atoms with Crippen LogP contribution < -0.4 is 5.73 Å². The van der Waals surface area contributed by atoms with Gasteiger partial charge in [-0.25, -0.2) is 0 Å². The molecular weight excluding hydrogens is 250 g/mol. The molecule has 1 aromatic rings. The van der Waals surface area contributed by atoms with Crippen LogP contribution in [0.4, 0.5) is 0 Å². The highest BCUT2D eigenvalue weighted by molar-refractivity contribution is 8.14. The molecule has 0 radical (unpaired) electrons. The number of benzene rings is 1. The van der Waals surface area contributed by atoms with Gasteiger partial charge < -0.3 is 10.8 Å². The number of hydrogen-bond donors (Lipinski definition) is 2. The monoisotopic (exact) mass is 267 g/mol. The molecule has 0 aliphatic carbocycles. The van der Waals surface area contributed by atoms with Gasteiger partial charge >= 0.3 is 5.97 Å². The van der Waals surface area contributed by atoms with E-state index in [1.807, 2.05) is 13.8 Å². The SMILES string of the molecule is CC(C)SC(=O)c1ccc(CC(N)C(=O)O)cc1. The number of hydrogen-bond acceptors (Lipinski definition) is 4. The minimum Gasteiger partial charge on any atom is -0.480 e. The van der Waals surface area contributed by atoms with Gasteiger partial charge in [0.15, 0.2) is 0 Å². The number of aliphatic carboxylic acids is 1. The first-order valence-corrected chi connectivity index (χ1v) is 6.56. The molecule has 98 valence electrons. The predicted molar refractivity (Wildman–Crippen MR) is 72.8 cm³/mol. The fraction of sp³-hybridized carbons (Fsp3) is 0.385. The Hall–Kier alpha value is -1.33. The van der Waals surface area contributed by atoms with E-state index in [1.54, 1.807) is 24.3 Å². The third-order valence-corrected chi connectivity index (χ3v) is 3.23. The van der Waals surface area contributed by atoms with Gasteiger partial charge in [-0.05, 0) is 12.0 Å². The van der Waals surface area contributed by atoms with Crippen molar-refractivity contribution in [1.82, 2.24) is 0 Å². The van der Waals surface area contributed by atoms with E-state index in [1.165, 1.54) is 11.8 Å². The van der Waals surface area contributed by atoms with Gasteiger partial charge in [-0.2, -0.15) is 0 Å². The van der Waals surface area contributed by atoms with Gasteiger partial charge in [-0.15, -0.1) is 0 Å². The van der Waals surface area contributed by atoms with Crippen LogP contribution in [0, 0.1) is 0 Å². The van der Waals surface area contributed by atoms with Gasteiger partial charge in [0.05, 0.1) is 0 Å². The molecule has 0 saturated heterocycles. The molecule has 1 atom stereocenters. The molecule has 0 fully saturated rings. The summed E-state index contributed by atoms with van der Waals surface area (Å²) in [7, 11) is 0. The van der Waals surface area contributed by atoms with E-state index in [9.17, 15) is 9.59 Å². The van der Waals surface area contributed by atoms with E-state index in [0.29, 0.717) is 5.56 Å². The lowest BCUT2D eigenvalue weighted by Gasteiger charge is -2.07. The lowest BCUT2D eigenvalue weighted by atomic mass is 10.1. The number of carboxylic acid groups (broad SMARTS) is 1. The molecule has 18 heavy (non-hydrogen) atoms. The van der Waals surface area contributed by atoms with Crippen LogP contribution in [0.5, 0.6) is 0 Å². The summed E-state index contributed by atoms with van der Waals surface area (Å²) in [5.74, 6) is -1.02. The molecule has 0 aliphatic rings. The molecule has 0 spiro atoms. The lowest BCUT2D eigenvalue weighted by Crippen LogP contribution is -2.32. The van der Waals surface area contributed by atoms with Crippen molar-refractivity contribution in [2.24, 2.45) is 5.73 Å². The maximum Gasteiger partial charge on any atom is 0.320 e. The summed E-state index contributed by atoms with van der Waals surface area (Å²) >= 11 is 1.27. The Labute approximate surface area is 111 Å². The Morgan fingerprint density at radius 3 is 2.28 bits per heavy atom. The Balaban J connectivity index is 2.68. The maximum atomic E-state index is 11.7. The predicted octanol–water partition coefficient (Wildman–Crippen LogP) is 1.92. The van der Waals surface area contributed by atoms with Crippen molar-refractivity contribution in [2.45, 2.75) is 31.6 Å². The van der Waals surface area contributed by atoms with Gasteiger partial charge in [-0.1, -0.05) is 49.9 Å². The van der Waals surface area contributed by atoms with Crippen molar-refractivity contribution in [3.8, 4) is 0 Å². The van der Waals surface area contributed by atoms with Crippen LogP contribution in [0.25, 0.3) is 0 Å². The van der Waals surface area contributed by atoms with Gasteiger partial charge in [0.25, 0.3) is 0 Å². The highest BCUT2D eigenvalue weighted by Crippen LogP contribution is 2.18. The van der Waals surface area contributed by atoms with Crippen LogP contribution in [-0.2, 0) is 11.2 Å². The fourth-order valence-electron chi connectivity index (χ4n) is 1.40. The van der Waals surface area contributed by atoms with E-state index in [2.05, 4.69) is 0 Å². The standard InChI is InChI=1S/C13H17NO3S/c1-8(2)18-13(17)10-5-3-9(4-6-10)7-11(14)12(15)16/h3-6,8,11H,7,14H2,1-2H3,(H,15,16). The number of nitrogens with two attached hydrogens (primary N) is 1. The summed E-state index contributed by atoms with van der Waals surface area (Å²) in [6, 6.07) is 6.01. The van der Waals surface area contributed by atoms with Crippen molar-refractivity contribution in [3.63, 3.8) is 0 Å². The molecule has 1 aromatic carbocycles. The molecule has 4 nitrogen and oxygen atoms in total. The molecule has 0 heterocycles. The van der Waals surface area contributed by atoms with E-state index < -0.39 is 12.0 Å². The van der Waals surface area contributed by atoms with Gasteiger partial charge in [0.1, 0.15) is 6.04 Å². The zero-order valence-electron chi connectivity index (χ0n) is 10.4. The number of carboxylic acids is 1. The highest BCUT2D eigenvalue weighted by Gasteiger charge is 2.13. The first-order valence-electron chi connectivity index (χ1n) is 5.68. The lowest BCUT2D eigenvalue weighted by molar-refractivity contribution is -0.138. The quantitative estimate of drug-likeness (QED) is 0.852. The second-order valence-electron chi connectivity index (χ2n) is 4.30. The van der Waals surface area contributed by atoms with Crippen LogP contribution in [0.2, 0.25) is 0 Å². The third-order valence-electron chi connectivity index (χ3n) is 2.31. The average molecular weight is 267 g/mol. The second kappa shape index (κ2) is 6.56. The van der Waals surface area contributed by atoms with Crippen LogP contribution in [0.15, 0.2) is 24.3 Å². The smallest absolute Gasteiger partial charge is 0.320 e. The summed E-state index contributed by atoms with van der Waals surface area (Å²) in [6.45, 7) is 3.92. The molecular formula is C13H17NO3S. The number of thioether (sulfide) groups is 1. The number of rotatable bonds is 5. The Bertz CT molecular complexity index is 428. The van der Waals surface area contributed by atoms with Crippen molar-refractivity contribution in [1.29, 1.82) is 0 Å². The molecule has 0 bridgehead atoms. The van der Waals surface area contributed by atoms with Crippen LogP contribution in [-0.4, -0.2) is 27.5 Å². The summed E-state index contributed by atoms with van der Waals surface area (Å²) in [5.41, 5.74) is 6.88. The van der Waals surface area contributed by atoms with E-state index in [4.69, 9.17) is 10.8 Å². The molecule has 3 N–H and O–H groups in total. The van der Waals surface area contributed by atoms with E-state index >= 15 is 0 Å². The fourth-order valence-corrected chi connectivity index (χ4v) is 2.10. The van der Waals surface area contributed by atoms with Gasteiger partial charge in [-0.3, -0.25) is 9.59 Å². The minimum absolute atomic E-state index is 0.0269. The molecule has 0 amide bonds. The summed E-state index contributed by atoms with van der Waals surface area (Å²) < 4.78 is 0. The van der Waals surface area contributed by atoms with Crippen molar-refractivity contribution < 1.29 is 14.7 Å². The summed E-state index contributed by atoms with van der Waals surface area (Å²) in [4.78, 5) is 22.4. The zero-order chi connectivity index (χ0) is 13.7. The second-order valence-corrected chi connectivity index (χ2v) is 5.85.